The Morgan fingerprint density at radius 3 is 2.56 bits per heavy atom. The van der Waals surface area contributed by atoms with Crippen LogP contribution in [0.1, 0.15) is 23.0 Å². The maximum Gasteiger partial charge on any atom is 0.253 e. The Labute approximate surface area is 147 Å². The number of nitrogens with one attached hydrogen (secondary N) is 1. The fraction of sp³-hybridized carbons (Fsp3) is 0.150. The van der Waals surface area contributed by atoms with Crippen molar-refractivity contribution in [1.29, 1.82) is 0 Å². The Hall–Kier alpha value is -3.21. The minimum atomic E-state index is -0.163. The van der Waals surface area contributed by atoms with Gasteiger partial charge in [0.25, 0.3) is 5.91 Å². The zero-order chi connectivity index (χ0) is 17.5. The molecule has 0 unspecified atom stereocenters. The van der Waals surface area contributed by atoms with Crippen molar-refractivity contribution >= 4 is 17.3 Å². The molecule has 5 nitrogen and oxygen atoms in total. The van der Waals surface area contributed by atoms with Crippen LogP contribution in [0.25, 0.3) is 0 Å². The third-order valence-electron chi connectivity index (χ3n) is 3.84. The zero-order valence-corrected chi connectivity index (χ0v) is 14.1. The number of carbonyl (C=O) groups is 1. The van der Waals surface area contributed by atoms with Crippen molar-refractivity contribution in [1.82, 2.24) is 15.3 Å². The number of carbonyl (C=O) groups excluding carboxylic acids is 1. The molecule has 2 heterocycles. The first-order valence-electron chi connectivity index (χ1n) is 8.23. The summed E-state index contributed by atoms with van der Waals surface area (Å²) in [7, 11) is 0. The minimum absolute atomic E-state index is 0.163. The summed E-state index contributed by atoms with van der Waals surface area (Å²) in [5, 5.41) is 2.88. The summed E-state index contributed by atoms with van der Waals surface area (Å²) in [6.07, 6.45) is 5.06. The molecule has 0 fully saturated rings. The van der Waals surface area contributed by atoms with Crippen LogP contribution in [0.15, 0.2) is 73.2 Å². The zero-order valence-electron chi connectivity index (χ0n) is 14.1. The van der Waals surface area contributed by atoms with Crippen molar-refractivity contribution in [2.24, 2.45) is 0 Å². The van der Waals surface area contributed by atoms with E-state index in [1.807, 2.05) is 54.6 Å². The molecule has 0 saturated heterocycles. The van der Waals surface area contributed by atoms with E-state index in [0.717, 1.165) is 23.6 Å². The minimum Gasteiger partial charge on any atom is -0.346 e. The lowest BCUT2D eigenvalue weighted by Gasteiger charge is -2.23. The van der Waals surface area contributed by atoms with Gasteiger partial charge in [0.05, 0.1) is 29.7 Å². The molecule has 126 valence electrons. The molecule has 1 aromatic carbocycles. The maximum atomic E-state index is 12.4. The number of benzene rings is 1. The van der Waals surface area contributed by atoms with Crippen molar-refractivity contribution < 1.29 is 4.79 Å². The summed E-state index contributed by atoms with van der Waals surface area (Å²) in [5.74, 6) is -0.163. The first-order valence-corrected chi connectivity index (χ1v) is 8.23. The Morgan fingerprint density at radius 1 is 1.04 bits per heavy atom. The van der Waals surface area contributed by atoms with E-state index in [-0.39, 0.29) is 5.91 Å². The van der Waals surface area contributed by atoms with Crippen LogP contribution in [0, 0.1) is 0 Å². The molecule has 0 radical (unpaired) electrons. The maximum absolute atomic E-state index is 12.4. The van der Waals surface area contributed by atoms with Gasteiger partial charge in [0.15, 0.2) is 0 Å². The van der Waals surface area contributed by atoms with E-state index in [4.69, 9.17) is 0 Å². The number of anilines is 2. The van der Waals surface area contributed by atoms with Gasteiger partial charge in [-0.3, -0.25) is 14.8 Å². The summed E-state index contributed by atoms with van der Waals surface area (Å²) in [6, 6.07) is 17.5. The quantitative estimate of drug-likeness (QED) is 0.750. The topological polar surface area (TPSA) is 58.1 Å². The summed E-state index contributed by atoms with van der Waals surface area (Å²) < 4.78 is 0. The van der Waals surface area contributed by atoms with Crippen LogP contribution < -0.4 is 10.2 Å². The lowest BCUT2D eigenvalue weighted by molar-refractivity contribution is 0.0950. The molecule has 0 aliphatic rings. The molecule has 25 heavy (non-hydrogen) atoms. The first-order chi connectivity index (χ1) is 12.3. The molecule has 0 aliphatic heterocycles. The van der Waals surface area contributed by atoms with Gasteiger partial charge in [-0.1, -0.05) is 24.3 Å². The average Bonchev–Trinajstić information content (AvgIpc) is 2.69. The number of pyridine rings is 2. The third kappa shape index (κ3) is 4.20. The summed E-state index contributed by atoms with van der Waals surface area (Å²) in [4.78, 5) is 23.0. The van der Waals surface area contributed by atoms with Gasteiger partial charge in [-0.2, -0.15) is 0 Å². The van der Waals surface area contributed by atoms with Gasteiger partial charge < -0.3 is 10.2 Å². The normalized spacial score (nSPS) is 10.3. The van der Waals surface area contributed by atoms with Crippen LogP contribution in [0.3, 0.4) is 0 Å². The highest BCUT2D eigenvalue weighted by molar-refractivity contribution is 5.94. The van der Waals surface area contributed by atoms with E-state index in [1.54, 1.807) is 18.6 Å². The van der Waals surface area contributed by atoms with E-state index in [9.17, 15) is 4.79 Å². The second-order valence-electron chi connectivity index (χ2n) is 5.52. The van der Waals surface area contributed by atoms with E-state index in [2.05, 4.69) is 27.1 Å². The van der Waals surface area contributed by atoms with Crippen LogP contribution in [0.2, 0.25) is 0 Å². The fourth-order valence-corrected chi connectivity index (χ4v) is 2.60. The molecular weight excluding hydrogens is 312 g/mol. The van der Waals surface area contributed by atoms with Crippen LogP contribution >= 0.6 is 0 Å². The molecule has 0 saturated carbocycles. The van der Waals surface area contributed by atoms with E-state index in [1.165, 1.54) is 0 Å². The number of nitrogens with zero attached hydrogens (tertiary/aromatic N) is 3. The highest BCUT2D eigenvalue weighted by atomic mass is 16.1. The predicted molar refractivity (Wildman–Crippen MR) is 98.8 cm³/mol. The van der Waals surface area contributed by atoms with Crippen LogP contribution in [-0.2, 0) is 6.54 Å². The Kier molecular flexibility index (Phi) is 5.36. The van der Waals surface area contributed by atoms with Gasteiger partial charge in [-0.15, -0.1) is 0 Å². The molecule has 3 rings (SSSR count). The highest BCUT2D eigenvalue weighted by Crippen LogP contribution is 2.24. The van der Waals surface area contributed by atoms with Gasteiger partial charge in [0.2, 0.25) is 0 Å². The lowest BCUT2D eigenvalue weighted by atomic mass is 10.2. The second-order valence-corrected chi connectivity index (χ2v) is 5.52. The standard InChI is InChI=1S/C20H20N4O/c1-2-24(18-9-4-3-5-10-18)19-12-16(13-21-15-19)20(25)23-14-17-8-6-7-11-22-17/h3-13,15H,2,14H2,1H3,(H,23,25). The van der Waals surface area contributed by atoms with E-state index in [0.29, 0.717) is 12.1 Å². The van der Waals surface area contributed by atoms with Crippen molar-refractivity contribution in [3.63, 3.8) is 0 Å². The fourth-order valence-electron chi connectivity index (χ4n) is 2.60. The van der Waals surface area contributed by atoms with Crippen LogP contribution in [0.5, 0.6) is 0 Å². The van der Waals surface area contributed by atoms with Gasteiger partial charge >= 0.3 is 0 Å². The van der Waals surface area contributed by atoms with E-state index < -0.39 is 0 Å². The molecule has 0 atom stereocenters. The average molecular weight is 332 g/mol. The van der Waals surface area contributed by atoms with E-state index >= 15 is 0 Å². The molecule has 0 spiro atoms. The Bertz CT molecular complexity index is 821. The lowest BCUT2D eigenvalue weighted by Crippen LogP contribution is -2.24. The first kappa shape index (κ1) is 16.6. The van der Waals surface area contributed by atoms with Crippen LogP contribution in [0.4, 0.5) is 11.4 Å². The number of para-hydroxylation sites is 1. The second kappa shape index (κ2) is 8.06. The van der Waals surface area contributed by atoms with Crippen molar-refractivity contribution in [2.45, 2.75) is 13.5 Å². The Balaban J connectivity index is 1.75. The smallest absolute Gasteiger partial charge is 0.253 e. The summed E-state index contributed by atoms with van der Waals surface area (Å²) in [5.41, 5.74) is 3.30. The van der Waals surface area contributed by atoms with Gasteiger partial charge in [0, 0.05) is 24.6 Å². The SMILES string of the molecule is CCN(c1ccccc1)c1cncc(C(=O)NCc2ccccn2)c1. The molecular formula is C20H20N4O. The third-order valence-corrected chi connectivity index (χ3v) is 3.84. The molecule has 0 aliphatic carbocycles. The predicted octanol–water partition coefficient (Wildman–Crippen LogP) is 3.56. The van der Waals surface area contributed by atoms with Gasteiger partial charge in [0.1, 0.15) is 0 Å². The number of aromatic nitrogens is 2. The Morgan fingerprint density at radius 2 is 1.84 bits per heavy atom. The van der Waals surface area contributed by atoms with Crippen molar-refractivity contribution in [3.05, 3.63) is 84.4 Å². The molecule has 2 aromatic heterocycles. The molecule has 1 amide bonds. The highest BCUT2D eigenvalue weighted by Gasteiger charge is 2.11. The number of amides is 1. The largest absolute Gasteiger partial charge is 0.346 e. The number of rotatable bonds is 6. The summed E-state index contributed by atoms with van der Waals surface area (Å²) in [6.45, 7) is 3.24. The van der Waals surface area contributed by atoms with Gasteiger partial charge in [-0.05, 0) is 37.3 Å². The monoisotopic (exact) mass is 332 g/mol. The van der Waals surface area contributed by atoms with Gasteiger partial charge in [-0.25, -0.2) is 0 Å². The number of hydrogen-bond acceptors (Lipinski definition) is 4. The summed E-state index contributed by atoms with van der Waals surface area (Å²) >= 11 is 0. The molecule has 3 aromatic rings. The van der Waals surface area contributed by atoms with Crippen molar-refractivity contribution in [2.75, 3.05) is 11.4 Å². The molecule has 5 heteroatoms. The van der Waals surface area contributed by atoms with Crippen molar-refractivity contribution in [3.8, 4) is 0 Å². The van der Waals surface area contributed by atoms with Crippen LogP contribution in [-0.4, -0.2) is 22.4 Å². The number of hydrogen-bond donors (Lipinski definition) is 1. The molecule has 0 bridgehead atoms. The molecule has 1 N–H and O–H groups in total.